The molecular formula is C30H27FN4O2. The second-order valence-electron chi connectivity index (χ2n) is 9.88. The fourth-order valence-corrected chi connectivity index (χ4v) is 5.49. The number of aromatic hydroxyl groups is 1. The maximum absolute atomic E-state index is 14.5. The van der Waals surface area contributed by atoms with Crippen LogP contribution in [0.3, 0.4) is 0 Å². The van der Waals surface area contributed by atoms with Crippen molar-refractivity contribution in [2.45, 2.75) is 13.0 Å². The third-order valence-electron chi connectivity index (χ3n) is 7.41. The van der Waals surface area contributed by atoms with E-state index in [0.29, 0.717) is 24.1 Å². The van der Waals surface area contributed by atoms with Crippen molar-refractivity contribution in [3.8, 4) is 34.1 Å². The Bertz CT molecular complexity index is 1510. The third kappa shape index (κ3) is 4.29. The van der Waals surface area contributed by atoms with Crippen LogP contribution in [0, 0.1) is 30.0 Å². The summed E-state index contributed by atoms with van der Waals surface area (Å²) >= 11 is 0. The van der Waals surface area contributed by atoms with E-state index in [0.717, 1.165) is 65.1 Å². The van der Waals surface area contributed by atoms with Crippen LogP contribution >= 0.6 is 0 Å². The number of phenols is 1. The number of halogens is 1. The molecule has 2 saturated heterocycles. The summed E-state index contributed by atoms with van der Waals surface area (Å²) in [6, 6.07) is 18.4. The van der Waals surface area contributed by atoms with Crippen LogP contribution in [0.15, 0.2) is 60.8 Å². The van der Waals surface area contributed by atoms with Crippen molar-refractivity contribution in [3.05, 3.63) is 77.7 Å². The Morgan fingerprint density at radius 3 is 2.73 bits per heavy atom. The average molecular weight is 495 g/mol. The number of nitrogens with zero attached hydrogens (tertiary/aromatic N) is 3. The van der Waals surface area contributed by atoms with Gasteiger partial charge in [0.25, 0.3) is 0 Å². The number of anilines is 1. The number of ether oxygens (including phenoxy) is 1. The Balaban J connectivity index is 1.49. The largest absolute Gasteiger partial charge is 0.506 e. The standard InChI is InChI=1S/C30H27FN4O2/c1-18-9-21(11-23(31)10-18)26-14-34-27-6-5-19(24-4-2-3-20(13-32)30(24)36)12-25(27)29(26)35-15-22(16-35)28-17-37-8-7-33-28/h2-6,9-12,14,22,28,33,36H,7-8,15-17H2,1H3. The number of nitriles is 1. The summed E-state index contributed by atoms with van der Waals surface area (Å²) in [6.45, 7) is 5.90. The van der Waals surface area contributed by atoms with Crippen molar-refractivity contribution in [3.63, 3.8) is 0 Å². The zero-order valence-electron chi connectivity index (χ0n) is 20.5. The molecule has 1 aromatic heterocycles. The lowest BCUT2D eigenvalue weighted by Crippen LogP contribution is -2.59. The summed E-state index contributed by atoms with van der Waals surface area (Å²) in [5, 5.41) is 24.6. The molecule has 0 saturated carbocycles. The van der Waals surface area contributed by atoms with E-state index in [1.54, 1.807) is 24.3 Å². The molecule has 1 atom stereocenters. The molecule has 0 aliphatic carbocycles. The first-order valence-electron chi connectivity index (χ1n) is 12.5. The van der Waals surface area contributed by atoms with Gasteiger partial charge in [-0.1, -0.05) is 24.3 Å². The van der Waals surface area contributed by atoms with Crippen LogP contribution in [0.25, 0.3) is 33.2 Å². The SMILES string of the molecule is Cc1cc(F)cc(-c2cnc3ccc(-c4cccc(C#N)c4O)cc3c2N2CC(C3COCCN3)C2)c1. The van der Waals surface area contributed by atoms with Crippen LogP contribution in [-0.4, -0.2) is 49.0 Å². The second kappa shape index (κ2) is 9.47. The van der Waals surface area contributed by atoms with Gasteiger partial charge in [-0.15, -0.1) is 0 Å². The summed E-state index contributed by atoms with van der Waals surface area (Å²) in [5.41, 5.74) is 5.92. The van der Waals surface area contributed by atoms with Crippen molar-refractivity contribution in [2.75, 3.05) is 37.7 Å². The van der Waals surface area contributed by atoms with E-state index in [1.807, 2.05) is 43.5 Å². The Labute approximate surface area is 214 Å². The van der Waals surface area contributed by atoms with Gasteiger partial charge >= 0.3 is 0 Å². The van der Waals surface area contributed by atoms with E-state index in [1.165, 1.54) is 6.07 Å². The number of fused-ring (bicyclic) bond motifs is 1. The van der Waals surface area contributed by atoms with Gasteiger partial charge in [0.2, 0.25) is 0 Å². The minimum atomic E-state index is -0.280. The molecule has 2 aliphatic heterocycles. The summed E-state index contributed by atoms with van der Waals surface area (Å²) in [4.78, 5) is 7.05. The number of benzene rings is 3. The lowest BCUT2D eigenvalue weighted by Gasteiger charge is -2.47. The van der Waals surface area contributed by atoms with E-state index < -0.39 is 0 Å². The second-order valence-corrected chi connectivity index (χ2v) is 9.88. The summed E-state index contributed by atoms with van der Waals surface area (Å²) in [6.07, 6.45) is 1.83. The van der Waals surface area contributed by atoms with Crippen molar-refractivity contribution in [1.29, 1.82) is 5.26 Å². The van der Waals surface area contributed by atoms with Crippen LogP contribution in [0.1, 0.15) is 11.1 Å². The van der Waals surface area contributed by atoms with Crippen molar-refractivity contribution >= 4 is 16.6 Å². The van der Waals surface area contributed by atoms with E-state index in [2.05, 4.69) is 10.2 Å². The molecule has 37 heavy (non-hydrogen) atoms. The Hall–Kier alpha value is -3.99. The van der Waals surface area contributed by atoms with E-state index in [4.69, 9.17) is 9.72 Å². The topological polar surface area (TPSA) is 81.4 Å². The molecule has 0 bridgehead atoms. The molecule has 186 valence electrons. The van der Waals surface area contributed by atoms with Gasteiger partial charge in [-0.25, -0.2) is 4.39 Å². The number of pyridine rings is 1. The molecule has 3 heterocycles. The molecule has 2 fully saturated rings. The molecule has 0 spiro atoms. The Morgan fingerprint density at radius 1 is 1.11 bits per heavy atom. The lowest BCUT2D eigenvalue weighted by atomic mass is 9.88. The highest BCUT2D eigenvalue weighted by molar-refractivity contribution is 6.02. The summed E-state index contributed by atoms with van der Waals surface area (Å²) in [7, 11) is 0. The number of para-hydroxylation sites is 1. The normalized spacial score (nSPS) is 18.0. The third-order valence-corrected chi connectivity index (χ3v) is 7.41. The van der Waals surface area contributed by atoms with Crippen LogP contribution < -0.4 is 10.2 Å². The van der Waals surface area contributed by atoms with Crippen LogP contribution in [0.2, 0.25) is 0 Å². The molecule has 3 aromatic carbocycles. The van der Waals surface area contributed by atoms with Gasteiger partial charge in [-0.3, -0.25) is 4.98 Å². The van der Waals surface area contributed by atoms with Gasteiger partial charge in [0.1, 0.15) is 17.6 Å². The van der Waals surface area contributed by atoms with Gasteiger partial charge in [0, 0.05) is 54.3 Å². The average Bonchev–Trinajstić information content (AvgIpc) is 2.88. The highest BCUT2D eigenvalue weighted by Gasteiger charge is 2.36. The summed E-state index contributed by atoms with van der Waals surface area (Å²) in [5.74, 6) is 0.131. The number of aryl methyl sites for hydroxylation is 1. The van der Waals surface area contributed by atoms with Gasteiger partial charge < -0.3 is 20.1 Å². The van der Waals surface area contributed by atoms with E-state index >= 15 is 0 Å². The minimum absolute atomic E-state index is 0.0387. The first-order chi connectivity index (χ1) is 18.0. The first kappa shape index (κ1) is 23.4. The molecule has 4 aromatic rings. The molecule has 6 nitrogen and oxygen atoms in total. The van der Waals surface area contributed by atoms with Crippen LogP contribution in [-0.2, 0) is 4.74 Å². The number of hydrogen-bond donors (Lipinski definition) is 2. The predicted molar refractivity (Wildman–Crippen MR) is 142 cm³/mol. The van der Waals surface area contributed by atoms with Crippen molar-refractivity contribution in [1.82, 2.24) is 10.3 Å². The predicted octanol–water partition coefficient (Wildman–Crippen LogP) is 5.02. The first-order valence-corrected chi connectivity index (χ1v) is 12.5. The summed E-state index contributed by atoms with van der Waals surface area (Å²) < 4.78 is 20.1. The maximum atomic E-state index is 14.5. The lowest BCUT2D eigenvalue weighted by molar-refractivity contribution is 0.0509. The molecular weight excluding hydrogens is 467 g/mol. The molecule has 2 N–H and O–H groups in total. The maximum Gasteiger partial charge on any atom is 0.141 e. The fraction of sp³-hybridized carbons (Fsp3) is 0.267. The zero-order chi connectivity index (χ0) is 25.5. The quantitative estimate of drug-likeness (QED) is 0.415. The zero-order valence-corrected chi connectivity index (χ0v) is 20.5. The smallest absolute Gasteiger partial charge is 0.141 e. The number of aromatic nitrogens is 1. The number of morpholine rings is 1. The van der Waals surface area contributed by atoms with Gasteiger partial charge in [-0.05, 0) is 53.9 Å². The number of rotatable bonds is 4. The van der Waals surface area contributed by atoms with E-state index in [-0.39, 0.29) is 17.1 Å². The minimum Gasteiger partial charge on any atom is -0.506 e. The highest BCUT2D eigenvalue weighted by Crippen LogP contribution is 2.43. The van der Waals surface area contributed by atoms with Crippen molar-refractivity contribution in [2.24, 2.45) is 5.92 Å². The van der Waals surface area contributed by atoms with Gasteiger partial charge in [-0.2, -0.15) is 5.26 Å². The monoisotopic (exact) mass is 494 g/mol. The molecule has 0 amide bonds. The Kier molecular flexibility index (Phi) is 5.99. The number of nitrogens with one attached hydrogen (secondary N) is 1. The molecule has 7 heteroatoms. The van der Waals surface area contributed by atoms with E-state index in [9.17, 15) is 14.8 Å². The van der Waals surface area contributed by atoms with Gasteiger partial charge in [0.15, 0.2) is 0 Å². The van der Waals surface area contributed by atoms with Crippen molar-refractivity contribution < 1.29 is 14.2 Å². The molecule has 2 aliphatic rings. The van der Waals surface area contributed by atoms with Crippen LogP contribution in [0.4, 0.5) is 10.1 Å². The molecule has 6 rings (SSSR count). The highest BCUT2D eigenvalue weighted by atomic mass is 19.1. The molecule has 0 radical (unpaired) electrons. The van der Waals surface area contributed by atoms with Crippen LogP contribution in [0.5, 0.6) is 5.75 Å². The molecule has 1 unspecified atom stereocenters. The Morgan fingerprint density at radius 2 is 1.97 bits per heavy atom. The van der Waals surface area contributed by atoms with Gasteiger partial charge in [0.05, 0.1) is 30.0 Å². The number of hydrogen-bond acceptors (Lipinski definition) is 6. The fourth-order valence-electron chi connectivity index (χ4n) is 5.49. The number of phenolic OH excluding ortho intramolecular Hbond substituents is 1.